The Hall–Kier alpha value is -1.56. The molecule has 1 fully saturated rings. The van der Waals surface area contributed by atoms with E-state index in [1.165, 1.54) is 23.6 Å². The second-order valence-corrected chi connectivity index (χ2v) is 8.48. The van der Waals surface area contributed by atoms with Crippen LogP contribution in [0.5, 0.6) is 0 Å². The summed E-state index contributed by atoms with van der Waals surface area (Å²) in [5.41, 5.74) is 0.514. The predicted molar refractivity (Wildman–Crippen MR) is 97.5 cm³/mol. The summed E-state index contributed by atoms with van der Waals surface area (Å²) in [5.74, 6) is -0.227. The molecule has 2 rings (SSSR count). The molecule has 1 aliphatic carbocycles. The Morgan fingerprint density at radius 2 is 1.62 bits per heavy atom. The van der Waals surface area contributed by atoms with E-state index in [4.69, 9.17) is 0 Å². The van der Waals surface area contributed by atoms with Crippen molar-refractivity contribution < 1.29 is 13.2 Å². The van der Waals surface area contributed by atoms with Gasteiger partial charge in [0.05, 0.1) is 11.9 Å². The fourth-order valence-electron chi connectivity index (χ4n) is 3.31. The first-order valence-corrected chi connectivity index (χ1v) is 10.6. The highest BCUT2D eigenvalue weighted by atomic mass is 32.2. The van der Waals surface area contributed by atoms with E-state index >= 15 is 0 Å². The van der Waals surface area contributed by atoms with Crippen LogP contribution in [0.4, 0.5) is 5.69 Å². The van der Waals surface area contributed by atoms with Gasteiger partial charge < -0.3 is 5.32 Å². The number of nitrogens with zero attached hydrogens (tertiary/aromatic N) is 1. The summed E-state index contributed by atoms with van der Waals surface area (Å²) < 4.78 is 25.6. The number of para-hydroxylation sites is 1. The zero-order valence-corrected chi connectivity index (χ0v) is 15.4. The summed E-state index contributed by atoms with van der Waals surface area (Å²) in [5, 5.41) is 3.06. The summed E-state index contributed by atoms with van der Waals surface area (Å²) >= 11 is 0. The number of hydrogen-bond donors (Lipinski definition) is 1. The van der Waals surface area contributed by atoms with Gasteiger partial charge in [0.25, 0.3) is 0 Å². The monoisotopic (exact) mass is 352 g/mol. The minimum absolute atomic E-state index is 0.150. The molecule has 0 aromatic heterocycles. The minimum atomic E-state index is -3.54. The van der Waals surface area contributed by atoms with Crippen molar-refractivity contribution in [3.05, 3.63) is 30.3 Å². The molecule has 1 aliphatic rings. The maximum Gasteiger partial charge on any atom is 0.243 e. The Kier molecular flexibility index (Phi) is 6.66. The van der Waals surface area contributed by atoms with Crippen LogP contribution in [0.3, 0.4) is 0 Å². The van der Waals surface area contributed by atoms with Gasteiger partial charge in [-0.2, -0.15) is 0 Å². The number of hydrogen-bond acceptors (Lipinski definition) is 3. The molecule has 0 saturated heterocycles. The summed E-state index contributed by atoms with van der Waals surface area (Å²) in [6, 6.07) is 8.16. The van der Waals surface area contributed by atoms with Crippen molar-refractivity contribution in [1.29, 1.82) is 0 Å². The van der Waals surface area contributed by atoms with Gasteiger partial charge in [-0.05, 0) is 31.9 Å². The third-order valence-electron chi connectivity index (χ3n) is 4.55. The van der Waals surface area contributed by atoms with Crippen molar-refractivity contribution in [3.8, 4) is 0 Å². The minimum Gasteiger partial charge on any atom is -0.352 e. The second kappa shape index (κ2) is 8.51. The number of carbonyl (C=O) groups excluding carboxylic acids is 1. The van der Waals surface area contributed by atoms with Crippen molar-refractivity contribution in [2.45, 2.75) is 64.0 Å². The van der Waals surface area contributed by atoms with Gasteiger partial charge in [-0.3, -0.25) is 9.10 Å². The third kappa shape index (κ3) is 5.23. The van der Waals surface area contributed by atoms with Crippen molar-refractivity contribution in [2.75, 3.05) is 10.6 Å². The van der Waals surface area contributed by atoms with Gasteiger partial charge in [0.1, 0.15) is 6.04 Å². The zero-order chi connectivity index (χ0) is 17.6. The first-order chi connectivity index (χ1) is 11.4. The Morgan fingerprint density at radius 1 is 1.08 bits per heavy atom. The molecule has 6 heteroatoms. The zero-order valence-electron chi connectivity index (χ0n) is 14.6. The summed E-state index contributed by atoms with van der Waals surface area (Å²) in [7, 11) is -3.54. The van der Waals surface area contributed by atoms with Gasteiger partial charge in [0, 0.05) is 6.04 Å². The summed E-state index contributed by atoms with van der Waals surface area (Å²) in [4.78, 5) is 12.7. The van der Waals surface area contributed by atoms with Crippen LogP contribution in [0.15, 0.2) is 30.3 Å². The van der Waals surface area contributed by atoms with Gasteiger partial charge in [0.2, 0.25) is 15.9 Å². The lowest BCUT2D eigenvalue weighted by Gasteiger charge is -2.30. The van der Waals surface area contributed by atoms with Gasteiger partial charge in [-0.25, -0.2) is 8.42 Å². The fourth-order valence-corrected chi connectivity index (χ4v) is 4.48. The van der Waals surface area contributed by atoms with Crippen molar-refractivity contribution in [3.63, 3.8) is 0 Å². The van der Waals surface area contributed by atoms with Gasteiger partial charge in [-0.15, -0.1) is 0 Å². The first-order valence-electron chi connectivity index (χ1n) is 8.74. The maximum atomic E-state index is 12.7. The van der Waals surface area contributed by atoms with E-state index in [0.717, 1.165) is 31.9 Å². The molecular formula is C18H28N2O3S. The number of benzene rings is 1. The Labute approximate surface area is 145 Å². The lowest BCUT2D eigenvalue weighted by atomic mass is 9.96. The fraction of sp³-hybridized carbons (Fsp3) is 0.611. The Bertz CT molecular complexity index is 623. The predicted octanol–water partition coefficient (Wildman–Crippen LogP) is 3.07. The smallest absolute Gasteiger partial charge is 0.243 e. The molecule has 1 N–H and O–H groups in total. The van der Waals surface area contributed by atoms with Crippen LogP contribution in [0.25, 0.3) is 0 Å². The van der Waals surface area contributed by atoms with Crippen LogP contribution in [0.1, 0.15) is 51.9 Å². The van der Waals surface area contributed by atoms with E-state index < -0.39 is 16.1 Å². The molecule has 0 radical (unpaired) electrons. The average Bonchev–Trinajstić information content (AvgIpc) is 2.49. The van der Waals surface area contributed by atoms with Crippen LogP contribution in [-0.4, -0.2) is 32.7 Å². The van der Waals surface area contributed by atoms with Crippen molar-refractivity contribution >= 4 is 21.6 Å². The molecule has 1 aromatic carbocycles. The normalized spacial score (nSPS) is 18.2. The number of amides is 1. The van der Waals surface area contributed by atoms with Crippen molar-refractivity contribution in [2.24, 2.45) is 0 Å². The molecule has 5 nitrogen and oxygen atoms in total. The van der Waals surface area contributed by atoms with Gasteiger partial charge >= 0.3 is 0 Å². The van der Waals surface area contributed by atoms with Crippen LogP contribution in [0.2, 0.25) is 0 Å². The first kappa shape index (κ1) is 18.8. The molecule has 0 aliphatic heterocycles. The number of nitrogens with one attached hydrogen (secondary N) is 1. The molecular weight excluding hydrogens is 324 g/mol. The Morgan fingerprint density at radius 3 is 2.17 bits per heavy atom. The van der Waals surface area contributed by atoms with E-state index in [9.17, 15) is 13.2 Å². The average molecular weight is 353 g/mol. The molecule has 134 valence electrons. The number of carbonyl (C=O) groups is 1. The highest BCUT2D eigenvalue weighted by molar-refractivity contribution is 7.92. The lowest BCUT2D eigenvalue weighted by molar-refractivity contribution is -0.122. The van der Waals surface area contributed by atoms with Crippen LogP contribution >= 0.6 is 0 Å². The summed E-state index contributed by atoms with van der Waals surface area (Å²) in [6.07, 6.45) is 9.02. The molecule has 0 bridgehead atoms. The molecule has 24 heavy (non-hydrogen) atoms. The Balaban J connectivity index is 2.11. The molecule has 1 atom stereocenters. The van der Waals surface area contributed by atoms with Crippen LogP contribution in [0, 0.1) is 0 Å². The van der Waals surface area contributed by atoms with Gasteiger partial charge in [0.15, 0.2) is 0 Å². The highest BCUT2D eigenvalue weighted by Crippen LogP contribution is 2.21. The largest absolute Gasteiger partial charge is 0.352 e. The molecule has 1 amide bonds. The number of rotatable bonds is 5. The summed E-state index contributed by atoms with van der Waals surface area (Å²) in [6.45, 7) is 1.65. The van der Waals surface area contributed by atoms with Crippen molar-refractivity contribution in [1.82, 2.24) is 5.32 Å². The SMILES string of the molecule is C[C@H](C(=O)NC1CCCCCCC1)N(c1ccccc1)S(C)(=O)=O. The molecule has 0 spiro atoms. The lowest BCUT2D eigenvalue weighted by Crippen LogP contribution is -2.50. The molecule has 1 saturated carbocycles. The molecule has 0 unspecified atom stereocenters. The van der Waals surface area contributed by atoms with E-state index in [0.29, 0.717) is 5.69 Å². The van der Waals surface area contributed by atoms with E-state index in [-0.39, 0.29) is 11.9 Å². The molecule has 1 aromatic rings. The van der Waals surface area contributed by atoms with Gasteiger partial charge in [-0.1, -0.05) is 50.3 Å². The highest BCUT2D eigenvalue weighted by Gasteiger charge is 2.30. The van der Waals surface area contributed by atoms with Crippen LogP contribution in [-0.2, 0) is 14.8 Å². The topological polar surface area (TPSA) is 66.5 Å². The van der Waals surface area contributed by atoms with E-state index in [1.807, 2.05) is 6.07 Å². The quantitative estimate of drug-likeness (QED) is 0.885. The van der Waals surface area contributed by atoms with Crippen LogP contribution < -0.4 is 9.62 Å². The maximum absolute atomic E-state index is 12.7. The van der Waals surface area contributed by atoms with E-state index in [2.05, 4.69) is 5.32 Å². The molecule has 0 heterocycles. The van der Waals surface area contributed by atoms with E-state index in [1.54, 1.807) is 31.2 Å². The standard InChI is InChI=1S/C18H28N2O3S/c1-15(18(21)19-16-11-7-4-3-5-8-12-16)20(24(2,22)23)17-13-9-6-10-14-17/h6,9-10,13-16H,3-5,7-8,11-12H2,1-2H3,(H,19,21)/t15-/m1/s1. The third-order valence-corrected chi connectivity index (χ3v) is 5.79. The number of anilines is 1. The number of sulfonamides is 1. The second-order valence-electron chi connectivity index (χ2n) is 6.62.